The first-order valence-corrected chi connectivity index (χ1v) is 7.40. The van der Waals surface area contributed by atoms with E-state index in [1.54, 1.807) is 12.0 Å². The molecule has 6 heteroatoms. The number of carbonyl (C=O) groups excluding carboxylic acids is 1. The maximum atomic E-state index is 12.5. The van der Waals surface area contributed by atoms with Crippen LogP contribution in [0.3, 0.4) is 0 Å². The van der Waals surface area contributed by atoms with Crippen molar-refractivity contribution in [2.75, 3.05) is 26.8 Å². The first-order valence-electron chi connectivity index (χ1n) is 7.40. The lowest BCUT2D eigenvalue weighted by Gasteiger charge is -2.28. The molecule has 1 N–H and O–H groups in total. The minimum atomic E-state index is -0.826. The molecule has 0 bridgehead atoms. The van der Waals surface area contributed by atoms with Crippen LogP contribution in [0.15, 0.2) is 18.2 Å². The second-order valence-electron chi connectivity index (χ2n) is 5.79. The van der Waals surface area contributed by atoms with Crippen LogP contribution in [-0.2, 0) is 16.0 Å². The Morgan fingerprint density at radius 3 is 2.86 bits per heavy atom. The minimum absolute atomic E-state index is 0.00906. The summed E-state index contributed by atoms with van der Waals surface area (Å²) in [7, 11) is 1.60. The first kappa shape index (κ1) is 14.7. The molecule has 0 saturated carbocycles. The van der Waals surface area contributed by atoms with Gasteiger partial charge in [-0.2, -0.15) is 0 Å². The Morgan fingerprint density at radius 2 is 2.18 bits per heavy atom. The molecule has 2 aliphatic heterocycles. The van der Waals surface area contributed by atoms with Gasteiger partial charge in [-0.1, -0.05) is 6.07 Å². The fourth-order valence-corrected chi connectivity index (χ4v) is 3.06. The molecule has 1 aromatic rings. The van der Waals surface area contributed by atoms with Gasteiger partial charge in [0, 0.05) is 19.2 Å². The van der Waals surface area contributed by atoms with Crippen molar-refractivity contribution >= 4 is 11.9 Å². The zero-order chi connectivity index (χ0) is 15.7. The lowest BCUT2D eigenvalue weighted by molar-refractivity contribution is -0.141. The van der Waals surface area contributed by atoms with Crippen LogP contribution in [0.5, 0.6) is 11.5 Å². The summed E-state index contributed by atoms with van der Waals surface area (Å²) in [5.74, 6) is -0.0306. The summed E-state index contributed by atoms with van der Waals surface area (Å²) in [4.78, 5) is 25.2. The molecule has 0 spiro atoms. The number of likely N-dealkylation sites (tertiary alicyclic amines) is 1. The fourth-order valence-electron chi connectivity index (χ4n) is 3.06. The average molecular weight is 305 g/mol. The van der Waals surface area contributed by atoms with E-state index in [4.69, 9.17) is 14.6 Å². The molecule has 2 atom stereocenters. The van der Waals surface area contributed by atoms with E-state index in [1.165, 1.54) is 0 Å². The Kier molecular flexibility index (Phi) is 3.92. The van der Waals surface area contributed by atoms with Crippen LogP contribution in [0, 0.1) is 11.8 Å². The van der Waals surface area contributed by atoms with Crippen LogP contribution in [0.4, 0.5) is 0 Å². The van der Waals surface area contributed by atoms with Gasteiger partial charge in [-0.15, -0.1) is 0 Å². The number of carbonyl (C=O) groups is 2. The number of hydrogen-bond donors (Lipinski definition) is 1. The Hall–Kier alpha value is -2.24. The number of aliphatic carboxylic acids is 1. The number of nitrogens with zero attached hydrogens (tertiary/aromatic N) is 1. The Balaban J connectivity index is 1.67. The summed E-state index contributed by atoms with van der Waals surface area (Å²) in [5.41, 5.74) is 0.986. The summed E-state index contributed by atoms with van der Waals surface area (Å²) < 4.78 is 10.8. The van der Waals surface area contributed by atoms with Gasteiger partial charge >= 0.3 is 5.97 Å². The van der Waals surface area contributed by atoms with E-state index >= 15 is 0 Å². The van der Waals surface area contributed by atoms with E-state index in [-0.39, 0.29) is 11.8 Å². The number of benzene rings is 1. The van der Waals surface area contributed by atoms with Crippen LogP contribution >= 0.6 is 0 Å². The quantitative estimate of drug-likeness (QED) is 0.907. The molecule has 1 amide bonds. The van der Waals surface area contributed by atoms with Crippen molar-refractivity contribution in [2.45, 2.75) is 12.8 Å². The second-order valence-corrected chi connectivity index (χ2v) is 5.79. The molecule has 2 heterocycles. The highest BCUT2D eigenvalue weighted by molar-refractivity contribution is 5.81. The van der Waals surface area contributed by atoms with Crippen LogP contribution in [-0.4, -0.2) is 48.7 Å². The molecule has 6 nitrogen and oxygen atoms in total. The van der Waals surface area contributed by atoms with Crippen molar-refractivity contribution in [2.24, 2.45) is 11.8 Å². The number of hydrogen-bond acceptors (Lipinski definition) is 4. The number of carboxylic acid groups (broad SMARTS) is 1. The maximum Gasteiger partial charge on any atom is 0.308 e. The molecule has 1 aromatic carbocycles. The zero-order valence-corrected chi connectivity index (χ0v) is 12.4. The van der Waals surface area contributed by atoms with Gasteiger partial charge in [0.1, 0.15) is 18.1 Å². The number of fused-ring (bicyclic) bond motifs is 1. The van der Waals surface area contributed by atoms with E-state index in [9.17, 15) is 9.59 Å². The van der Waals surface area contributed by atoms with Gasteiger partial charge in [-0.25, -0.2) is 0 Å². The van der Waals surface area contributed by atoms with Crippen LogP contribution in [0.1, 0.15) is 12.0 Å². The number of rotatable bonds is 3. The fraction of sp³-hybridized carbons (Fsp3) is 0.500. The monoisotopic (exact) mass is 305 g/mol. The maximum absolute atomic E-state index is 12.5. The largest absolute Gasteiger partial charge is 0.497 e. The predicted octanol–water partition coefficient (Wildman–Crippen LogP) is 1.18. The minimum Gasteiger partial charge on any atom is -0.497 e. The summed E-state index contributed by atoms with van der Waals surface area (Å²) in [5, 5.41) is 9.03. The standard InChI is InChI=1S/C16H19NO5/c1-21-13-3-2-10-6-12(9-22-14(10)7-13)15(18)17-5-4-11(8-17)16(19)20/h2-3,7,11-12H,4-6,8-9H2,1H3,(H,19,20). The highest BCUT2D eigenvalue weighted by Gasteiger charge is 2.35. The third kappa shape index (κ3) is 2.73. The van der Waals surface area contributed by atoms with Crippen molar-refractivity contribution in [3.8, 4) is 11.5 Å². The number of amides is 1. The molecule has 0 aliphatic carbocycles. The Morgan fingerprint density at radius 1 is 1.36 bits per heavy atom. The van der Waals surface area contributed by atoms with Gasteiger partial charge in [-0.3, -0.25) is 9.59 Å². The third-order valence-electron chi connectivity index (χ3n) is 4.38. The van der Waals surface area contributed by atoms with Crippen molar-refractivity contribution in [1.82, 2.24) is 4.90 Å². The lowest BCUT2D eigenvalue weighted by Crippen LogP contribution is -2.40. The van der Waals surface area contributed by atoms with E-state index in [0.29, 0.717) is 32.5 Å². The Labute approximate surface area is 128 Å². The van der Waals surface area contributed by atoms with E-state index in [2.05, 4.69) is 0 Å². The molecule has 1 saturated heterocycles. The third-order valence-corrected chi connectivity index (χ3v) is 4.38. The molecule has 118 valence electrons. The smallest absolute Gasteiger partial charge is 0.308 e. The Bertz CT molecular complexity index is 600. The summed E-state index contributed by atoms with van der Waals surface area (Å²) in [6.07, 6.45) is 1.15. The van der Waals surface area contributed by atoms with Gasteiger partial charge in [0.2, 0.25) is 5.91 Å². The predicted molar refractivity (Wildman–Crippen MR) is 78.0 cm³/mol. The van der Waals surface area contributed by atoms with Gasteiger partial charge in [0.05, 0.1) is 18.9 Å². The summed E-state index contributed by atoms with van der Waals surface area (Å²) in [6.45, 7) is 1.15. The summed E-state index contributed by atoms with van der Waals surface area (Å²) >= 11 is 0. The van der Waals surface area contributed by atoms with Crippen LogP contribution in [0.25, 0.3) is 0 Å². The van der Waals surface area contributed by atoms with Crippen molar-refractivity contribution in [1.29, 1.82) is 0 Å². The SMILES string of the molecule is COc1ccc2c(c1)OCC(C(=O)N1CCC(C(=O)O)C1)C2. The van der Waals surface area contributed by atoms with E-state index in [1.807, 2.05) is 18.2 Å². The molecular weight excluding hydrogens is 286 g/mol. The lowest BCUT2D eigenvalue weighted by atomic mass is 9.95. The van der Waals surface area contributed by atoms with E-state index < -0.39 is 11.9 Å². The average Bonchev–Trinajstić information content (AvgIpc) is 3.03. The molecule has 2 aliphatic rings. The zero-order valence-electron chi connectivity index (χ0n) is 12.4. The highest BCUT2D eigenvalue weighted by atomic mass is 16.5. The van der Waals surface area contributed by atoms with Crippen molar-refractivity contribution < 1.29 is 24.2 Å². The molecule has 1 fully saturated rings. The molecule has 2 unspecified atom stereocenters. The number of carboxylic acids is 1. The molecule has 0 radical (unpaired) electrons. The molecule has 22 heavy (non-hydrogen) atoms. The number of ether oxygens (including phenoxy) is 2. The van der Waals surface area contributed by atoms with Gasteiger partial charge < -0.3 is 19.5 Å². The van der Waals surface area contributed by atoms with Crippen molar-refractivity contribution in [3.05, 3.63) is 23.8 Å². The van der Waals surface area contributed by atoms with E-state index in [0.717, 1.165) is 17.1 Å². The van der Waals surface area contributed by atoms with Crippen LogP contribution < -0.4 is 9.47 Å². The van der Waals surface area contributed by atoms with Gasteiger partial charge in [0.15, 0.2) is 0 Å². The normalized spacial score (nSPS) is 23.6. The first-order chi connectivity index (χ1) is 10.6. The molecular formula is C16H19NO5. The topological polar surface area (TPSA) is 76.1 Å². The van der Waals surface area contributed by atoms with Gasteiger partial charge in [0.25, 0.3) is 0 Å². The molecule has 0 aromatic heterocycles. The van der Waals surface area contributed by atoms with Crippen LogP contribution in [0.2, 0.25) is 0 Å². The van der Waals surface area contributed by atoms with Crippen molar-refractivity contribution in [3.63, 3.8) is 0 Å². The highest BCUT2D eigenvalue weighted by Crippen LogP contribution is 2.32. The summed E-state index contributed by atoms with van der Waals surface area (Å²) in [6, 6.07) is 5.59. The second kappa shape index (κ2) is 5.87. The number of methoxy groups -OCH3 is 1. The van der Waals surface area contributed by atoms with Gasteiger partial charge in [-0.05, 0) is 24.5 Å². The molecule has 3 rings (SSSR count).